The van der Waals surface area contributed by atoms with Gasteiger partial charge in [0, 0.05) is 23.6 Å². The molecule has 4 aromatic rings. The first-order chi connectivity index (χ1) is 15.2. The van der Waals surface area contributed by atoms with Gasteiger partial charge in [-0.2, -0.15) is 0 Å². The summed E-state index contributed by atoms with van der Waals surface area (Å²) in [5.74, 6) is 0.752. The summed E-state index contributed by atoms with van der Waals surface area (Å²) in [6.45, 7) is 0. The van der Waals surface area contributed by atoms with Crippen LogP contribution in [0.4, 0.5) is 10.1 Å². The second-order valence-corrected chi connectivity index (χ2v) is 7.34. The van der Waals surface area contributed by atoms with Crippen molar-refractivity contribution in [3.05, 3.63) is 78.9 Å². The minimum atomic E-state index is -0.360. The highest BCUT2D eigenvalue weighted by molar-refractivity contribution is 7.99. The summed E-state index contributed by atoms with van der Waals surface area (Å²) in [6, 6.07) is 16.8. The molecule has 156 valence electrons. The van der Waals surface area contributed by atoms with Gasteiger partial charge in [0.15, 0.2) is 11.0 Å². The van der Waals surface area contributed by atoms with Gasteiger partial charge in [0.05, 0.1) is 18.6 Å². The molecule has 0 bridgehead atoms. The molecule has 0 aliphatic heterocycles. The van der Waals surface area contributed by atoms with E-state index in [4.69, 9.17) is 4.74 Å². The number of hydrogen-bond donors (Lipinski definition) is 1. The summed E-state index contributed by atoms with van der Waals surface area (Å²) >= 11 is 1.24. The van der Waals surface area contributed by atoms with Crippen molar-refractivity contribution < 1.29 is 13.9 Å². The Kier molecular flexibility index (Phi) is 6.23. The van der Waals surface area contributed by atoms with E-state index < -0.39 is 0 Å². The number of halogens is 1. The third kappa shape index (κ3) is 4.72. The number of para-hydroxylation sites is 2. The topological polar surface area (TPSA) is 81.9 Å². The van der Waals surface area contributed by atoms with Crippen molar-refractivity contribution in [2.24, 2.45) is 0 Å². The number of ether oxygens (including phenoxy) is 1. The number of hydrogen-bond acceptors (Lipinski definition) is 6. The quantitative estimate of drug-likeness (QED) is 0.438. The van der Waals surface area contributed by atoms with Gasteiger partial charge in [0.1, 0.15) is 11.6 Å². The molecule has 1 N–H and O–H groups in total. The lowest BCUT2D eigenvalue weighted by Crippen LogP contribution is -2.14. The smallest absolute Gasteiger partial charge is 0.234 e. The van der Waals surface area contributed by atoms with E-state index in [0.29, 0.717) is 22.4 Å². The molecule has 0 saturated carbocycles. The van der Waals surface area contributed by atoms with Crippen LogP contribution in [0.25, 0.3) is 17.1 Å². The fourth-order valence-electron chi connectivity index (χ4n) is 2.94. The lowest BCUT2D eigenvalue weighted by molar-refractivity contribution is -0.113. The van der Waals surface area contributed by atoms with E-state index in [2.05, 4.69) is 20.5 Å². The summed E-state index contributed by atoms with van der Waals surface area (Å²) in [4.78, 5) is 16.5. The minimum Gasteiger partial charge on any atom is -0.495 e. The summed E-state index contributed by atoms with van der Waals surface area (Å²) < 4.78 is 20.4. The molecule has 9 heteroatoms. The Morgan fingerprint density at radius 2 is 1.81 bits per heavy atom. The maximum atomic E-state index is 13.1. The Bertz CT molecular complexity index is 1180. The fraction of sp³-hybridized carbons (Fsp3) is 0.0909. The molecule has 0 fully saturated rings. The van der Waals surface area contributed by atoms with Crippen molar-refractivity contribution in [3.8, 4) is 22.8 Å². The van der Waals surface area contributed by atoms with Crippen LogP contribution >= 0.6 is 11.8 Å². The van der Waals surface area contributed by atoms with Gasteiger partial charge in [-0.3, -0.25) is 14.3 Å². The number of carbonyl (C=O) groups excluding carboxylic acids is 1. The van der Waals surface area contributed by atoms with E-state index in [9.17, 15) is 9.18 Å². The van der Waals surface area contributed by atoms with E-state index >= 15 is 0 Å². The minimum absolute atomic E-state index is 0.0982. The maximum absolute atomic E-state index is 13.1. The first kappa shape index (κ1) is 20.5. The number of rotatable bonds is 7. The zero-order chi connectivity index (χ0) is 21.6. The van der Waals surface area contributed by atoms with Crippen molar-refractivity contribution in [3.63, 3.8) is 0 Å². The maximum Gasteiger partial charge on any atom is 0.234 e. The Morgan fingerprint density at radius 3 is 2.55 bits per heavy atom. The van der Waals surface area contributed by atoms with E-state index in [1.54, 1.807) is 19.5 Å². The fourth-order valence-corrected chi connectivity index (χ4v) is 3.69. The number of nitrogens with one attached hydrogen (secondary N) is 1. The Labute approximate surface area is 182 Å². The number of thioether (sulfide) groups is 1. The molecule has 0 aliphatic rings. The van der Waals surface area contributed by atoms with E-state index in [1.807, 2.05) is 41.0 Å². The second kappa shape index (κ2) is 9.40. The predicted octanol–water partition coefficient (Wildman–Crippen LogP) is 4.21. The van der Waals surface area contributed by atoms with Gasteiger partial charge in [-0.15, -0.1) is 10.2 Å². The summed E-state index contributed by atoms with van der Waals surface area (Å²) in [6.07, 6.45) is 3.36. The highest BCUT2D eigenvalue weighted by Crippen LogP contribution is 2.32. The molecule has 2 aromatic heterocycles. The average Bonchev–Trinajstić information content (AvgIpc) is 3.23. The van der Waals surface area contributed by atoms with Gasteiger partial charge in [0.25, 0.3) is 0 Å². The Morgan fingerprint density at radius 1 is 1.06 bits per heavy atom. The molecule has 0 saturated heterocycles. The van der Waals surface area contributed by atoms with Gasteiger partial charge < -0.3 is 10.1 Å². The first-order valence-electron chi connectivity index (χ1n) is 9.33. The largest absolute Gasteiger partial charge is 0.495 e. The molecule has 7 nitrogen and oxygen atoms in total. The summed E-state index contributed by atoms with van der Waals surface area (Å²) in [7, 11) is 1.60. The molecule has 0 atom stereocenters. The zero-order valence-corrected chi connectivity index (χ0v) is 17.3. The van der Waals surface area contributed by atoms with Gasteiger partial charge >= 0.3 is 0 Å². The standard InChI is InChI=1S/C22H18FN5O2S/c1-30-19-5-3-2-4-18(19)28-21(15-10-12-24-13-11-15)26-27-22(28)31-14-20(29)25-17-8-6-16(23)7-9-17/h2-13H,14H2,1H3,(H,25,29). The van der Waals surface area contributed by atoms with Gasteiger partial charge in [0.2, 0.25) is 5.91 Å². The molecule has 1 amide bonds. The normalized spacial score (nSPS) is 10.6. The van der Waals surface area contributed by atoms with Crippen molar-refractivity contribution in [1.82, 2.24) is 19.7 Å². The number of benzene rings is 2. The van der Waals surface area contributed by atoms with Crippen LogP contribution in [-0.4, -0.2) is 38.5 Å². The molecule has 31 heavy (non-hydrogen) atoms. The van der Waals surface area contributed by atoms with Crippen LogP contribution in [0.1, 0.15) is 0 Å². The molecule has 2 aromatic carbocycles. The number of aromatic nitrogens is 4. The number of carbonyl (C=O) groups is 1. The van der Waals surface area contributed by atoms with Crippen LogP contribution in [-0.2, 0) is 4.79 Å². The third-order valence-electron chi connectivity index (χ3n) is 4.36. The van der Waals surface area contributed by atoms with E-state index in [0.717, 1.165) is 11.3 Å². The lowest BCUT2D eigenvalue weighted by Gasteiger charge is -2.13. The second-order valence-electron chi connectivity index (χ2n) is 6.39. The van der Waals surface area contributed by atoms with Crippen LogP contribution in [0.3, 0.4) is 0 Å². The number of amides is 1. The molecule has 0 unspecified atom stereocenters. The molecule has 4 rings (SSSR count). The molecule has 2 heterocycles. The summed E-state index contributed by atoms with van der Waals surface area (Å²) in [5, 5.41) is 11.9. The van der Waals surface area contributed by atoms with Gasteiger partial charge in [-0.05, 0) is 48.5 Å². The van der Waals surface area contributed by atoms with Crippen LogP contribution in [0.15, 0.2) is 78.2 Å². The van der Waals surface area contributed by atoms with Crippen LogP contribution in [0.5, 0.6) is 5.75 Å². The van der Waals surface area contributed by atoms with Crippen molar-refractivity contribution in [1.29, 1.82) is 0 Å². The SMILES string of the molecule is COc1ccccc1-n1c(SCC(=O)Nc2ccc(F)cc2)nnc1-c1ccncc1. The van der Waals surface area contributed by atoms with Crippen LogP contribution in [0, 0.1) is 5.82 Å². The average molecular weight is 435 g/mol. The molecular formula is C22H18FN5O2S. The monoisotopic (exact) mass is 435 g/mol. The number of pyridine rings is 1. The number of anilines is 1. The summed E-state index contributed by atoms with van der Waals surface area (Å²) in [5.41, 5.74) is 2.11. The molecule has 0 aliphatic carbocycles. The lowest BCUT2D eigenvalue weighted by atomic mass is 10.2. The first-order valence-corrected chi connectivity index (χ1v) is 10.3. The third-order valence-corrected chi connectivity index (χ3v) is 5.29. The molecule has 0 radical (unpaired) electrons. The van der Waals surface area contributed by atoms with Gasteiger partial charge in [-0.25, -0.2) is 4.39 Å². The van der Waals surface area contributed by atoms with Gasteiger partial charge in [-0.1, -0.05) is 23.9 Å². The predicted molar refractivity (Wildman–Crippen MR) is 117 cm³/mol. The van der Waals surface area contributed by atoms with E-state index in [-0.39, 0.29) is 17.5 Å². The van der Waals surface area contributed by atoms with Crippen molar-refractivity contribution in [2.75, 3.05) is 18.2 Å². The molecule has 0 spiro atoms. The Hall–Kier alpha value is -3.72. The van der Waals surface area contributed by atoms with Crippen molar-refractivity contribution >= 4 is 23.4 Å². The van der Waals surface area contributed by atoms with Crippen molar-refractivity contribution in [2.45, 2.75) is 5.16 Å². The van der Waals surface area contributed by atoms with E-state index in [1.165, 1.54) is 36.0 Å². The van der Waals surface area contributed by atoms with Crippen LogP contribution in [0.2, 0.25) is 0 Å². The Balaban J connectivity index is 1.62. The highest BCUT2D eigenvalue weighted by atomic mass is 32.2. The van der Waals surface area contributed by atoms with Crippen LogP contribution < -0.4 is 10.1 Å². The highest BCUT2D eigenvalue weighted by Gasteiger charge is 2.19. The molecular weight excluding hydrogens is 417 g/mol. The number of methoxy groups -OCH3 is 1. The number of nitrogens with zero attached hydrogens (tertiary/aromatic N) is 4. The zero-order valence-electron chi connectivity index (χ0n) is 16.5.